The van der Waals surface area contributed by atoms with E-state index in [4.69, 9.17) is 9.15 Å². The Morgan fingerprint density at radius 3 is 2.79 bits per heavy atom. The predicted octanol–water partition coefficient (Wildman–Crippen LogP) is 5.35. The number of hydrogen-bond acceptors (Lipinski definition) is 4. The molecule has 0 spiro atoms. The third-order valence-electron chi connectivity index (χ3n) is 4.56. The first kappa shape index (κ1) is 20.4. The first-order valence-corrected chi connectivity index (χ1v) is 13.5. The smallest absolute Gasteiger partial charge is 0.225 e. The van der Waals surface area contributed by atoms with Crippen molar-refractivity contribution in [2.45, 2.75) is 52.2 Å². The van der Waals surface area contributed by atoms with Crippen molar-refractivity contribution < 1.29 is 13.9 Å². The predicted molar refractivity (Wildman–Crippen MR) is 115 cm³/mol. The van der Waals surface area contributed by atoms with E-state index in [1.165, 1.54) is 0 Å². The topological polar surface area (TPSA) is 69.3 Å². The highest BCUT2D eigenvalue weighted by atomic mass is 28.3. The van der Waals surface area contributed by atoms with Gasteiger partial charge in [0.15, 0.2) is 5.82 Å². The van der Waals surface area contributed by atoms with E-state index in [9.17, 15) is 4.79 Å². The number of aromatic nitrogens is 2. The Balaban J connectivity index is 1.93. The summed E-state index contributed by atoms with van der Waals surface area (Å²) in [5, 5.41) is 8.53. The molecule has 3 aromatic rings. The van der Waals surface area contributed by atoms with E-state index in [1.807, 2.05) is 35.9 Å². The molecule has 150 valence electrons. The number of nitrogens with one attached hydrogen (secondary N) is 1. The van der Waals surface area contributed by atoms with Gasteiger partial charge in [-0.15, -0.1) is 0 Å². The summed E-state index contributed by atoms with van der Waals surface area (Å²) in [5.74, 6) is 0.537. The normalized spacial score (nSPS) is 11.9. The molecule has 1 amide bonds. The number of carbonyl (C=O) groups excluding carboxylic acids is 1. The molecule has 1 aromatic carbocycles. The maximum Gasteiger partial charge on any atom is 0.225 e. The van der Waals surface area contributed by atoms with Crippen molar-refractivity contribution in [2.24, 2.45) is 0 Å². The van der Waals surface area contributed by atoms with Crippen LogP contribution < -0.4 is 5.32 Å². The van der Waals surface area contributed by atoms with Crippen LogP contribution in [0.1, 0.15) is 19.8 Å². The molecule has 6 nitrogen and oxygen atoms in total. The summed E-state index contributed by atoms with van der Waals surface area (Å²) in [6.07, 6.45) is 4.61. The van der Waals surface area contributed by atoms with Gasteiger partial charge in [0.2, 0.25) is 5.91 Å². The molecule has 0 fully saturated rings. The average molecular weight is 400 g/mol. The molecule has 1 N–H and O–H groups in total. The Morgan fingerprint density at radius 1 is 1.29 bits per heavy atom. The molecule has 0 atom stereocenters. The van der Waals surface area contributed by atoms with Crippen molar-refractivity contribution in [1.82, 2.24) is 9.78 Å². The Hall–Kier alpha value is -2.38. The van der Waals surface area contributed by atoms with Crippen molar-refractivity contribution in [3.05, 3.63) is 36.8 Å². The van der Waals surface area contributed by atoms with Gasteiger partial charge in [-0.2, -0.15) is 5.10 Å². The van der Waals surface area contributed by atoms with Crippen LogP contribution in [0.3, 0.4) is 0 Å². The second-order valence-corrected chi connectivity index (χ2v) is 13.8. The summed E-state index contributed by atoms with van der Waals surface area (Å²) in [6, 6.07) is 9.02. The van der Waals surface area contributed by atoms with Gasteiger partial charge >= 0.3 is 0 Å². The van der Waals surface area contributed by atoms with E-state index in [-0.39, 0.29) is 5.91 Å². The van der Waals surface area contributed by atoms with Gasteiger partial charge in [0, 0.05) is 26.7 Å². The summed E-state index contributed by atoms with van der Waals surface area (Å²) in [4.78, 5) is 12.2. The van der Waals surface area contributed by atoms with Crippen LogP contribution in [0.15, 0.2) is 41.2 Å². The number of nitrogens with zero attached hydrogens (tertiary/aromatic N) is 2. The van der Waals surface area contributed by atoms with Crippen LogP contribution in [-0.4, -0.2) is 30.4 Å². The number of hydrogen-bond donors (Lipinski definition) is 1. The number of ether oxygens (including phenoxy) is 1. The van der Waals surface area contributed by atoms with E-state index >= 15 is 0 Å². The summed E-state index contributed by atoms with van der Waals surface area (Å²) in [6.45, 7) is 10.1. The van der Waals surface area contributed by atoms with E-state index in [0.717, 1.165) is 41.1 Å². The standard InChI is InChI=1S/C21H29N3O3Si/c1-5-7-19(25)22-21-20-17(16-10-11-26-14-16)8-6-9-18(20)24(23-21)15-27-12-13-28(2,3)4/h6,8-11,14H,5,7,12-13,15H2,1-4H3,(H,22,23,25). The number of rotatable bonds is 9. The minimum Gasteiger partial charge on any atom is -0.472 e. The van der Waals surface area contributed by atoms with Gasteiger partial charge in [0.05, 0.1) is 23.4 Å². The lowest BCUT2D eigenvalue weighted by Gasteiger charge is -2.15. The molecule has 7 heteroatoms. The molecule has 0 aliphatic carbocycles. The van der Waals surface area contributed by atoms with Crippen molar-refractivity contribution in [3.8, 4) is 11.1 Å². The number of anilines is 1. The van der Waals surface area contributed by atoms with Crippen LogP contribution in [0.5, 0.6) is 0 Å². The lowest BCUT2D eigenvalue weighted by Crippen LogP contribution is -2.22. The number of fused-ring (bicyclic) bond motifs is 1. The van der Waals surface area contributed by atoms with Gasteiger partial charge in [-0.1, -0.05) is 38.7 Å². The second kappa shape index (κ2) is 8.75. The molecule has 0 aliphatic rings. The number of furan rings is 1. The molecule has 0 saturated heterocycles. The second-order valence-electron chi connectivity index (χ2n) is 8.21. The highest BCUT2D eigenvalue weighted by molar-refractivity contribution is 6.76. The zero-order valence-corrected chi connectivity index (χ0v) is 18.1. The van der Waals surface area contributed by atoms with Gasteiger partial charge in [-0.05, 0) is 30.2 Å². The van der Waals surface area contributed by atoms with Crippen LogP contribution in [0.25, 0.3) is 22.0 Å². The van der Waals surface area contributed by atoms with Gasteiger partial charge in [0.1, 0.15) is 6.73 Å². The first-order valence-electron chi connectivity index (χ1n) is 9.79. The van der Waals surface area contributed by atoms with E-state index < -0.39 is 8.07 Å². The molecule has 2 aromatic heterocycles. The van der Waals surface area contributed by atoms with Crippen LogP contribution in [0.4, 0.5) is 5.82 Å². The van der Waals surface area contributed by atoms with Crippen LogP contribution >= 0.6 is 0 Å². The van der Waals surface area contributed by atoms with Crippen LogP contribution in [-0.2, 0) is 16.3 Å². The van der Waals surface area contributed by atoms with Gasteiger partial charge in [-0.25, -0.2) is 4.68 Å². The maximum absolute atomic E-state index is 12.2. The molecule has 2 heterocycles. The summed E-state index contributed by atoms with van der Waals surface area (Å²) in [7, 11) is -1.14. The van der Waals surface area contributed by atoms with E-state index in [0.29, 0.717) is 19.0 Å². The quantitative estimate of drug-likeness (QED) is 0.389. The summed E-state index contributed by atoms with van der Waals surface area (Å²) in [5.41, 5.74) is 2.86. The van der Waals surface area contributed by atoms with Crippen molar-refractivity contribution in [3.63, 3.8) is 0 Å². The number of carbonyl (C=O) groups is 1. The van der Waals surface area contributed by atoms with Crippen molar-refractivity contribution in [2.75, 3.05) is 11.9 Å². The number of benzene rings is 1. The van der Waals surface area contributed by atoms with Gasteiger partial charge in [-0.3, -0.25) is 4.79 Å². The lowest BCUT2D eigenvalue weighted by atomic mass is 10.0. The Bertz CT molecular complexity index is 926. The van der Waals surface area contributed by atoms with Gasteiger partial charge in [0.25, 0.3) is 0 Å². The average Bonchev–Trinajstić information content (AvgIpc) is 3.27. The Labute approximate surface area is 166 Å². The zero-order chi connectivity index (χ0) is 20.1. The Morgan fingerprint density at radius 2 is 2.11 bits per heavy atom. The molecule has 0 radical (unpaired) electrons. The maximum atomic E-state index is 12.2. The molecule has 0 unspecified atom stereocenters. The van der Waals surface area contributed by atoms with Crippen LogP contribution in [0.2, 0.25) is 25.7 Å². The highest BCUT2D eigenvalue weighted by Gasteiger charge is 2.18. The van der Waals surface area contributed by atoms with E-state index in [1.54, 1.807) is 12.5 Å². The first-order chi connectivity index (χ1) is 13.4. The van der Waals surface area contributed by atoms with Gasteiger partial charge < -0.3 is 14.5 Å². The molecule has 0 bridgehead atoms. The molecular weight excluding hydrogens is 370 g/mol. The van der Waals surface area contributed by atoms with Crippen molar-refractivity contribution >= 4 is 30.7 Å². The third-order valence-corrected chi connectivity index (χ3v) is 6.26. The third kappa shape index (κ3) is 4.91. The zero-order valence-electron chi connectivity index (χ0n) is 17.1. The minimum absolute atomic E-state index is 0.0318. The minimum atomic E-state index is -1.14. The monoisotopic (exact) mass is 399 g/mol. The highest BCUT2D eigenvalue weighted by Crippen LogP contribution is 2.34. The molecule has 0 saturated carbocycles. The largest absolute Gasteiger partial charge is 0.472 e. The Kier molecular flexibility index (Phi) is 6.36. The number of amides is 1. The fourth-order valence-electron chi connectivity index (χ4n) is 3.02. The van der Waals surface area contributed by atoms with E-state index in [2.05, 4.69) is 30.1 Å². The molecule has 3 rings (SSSR count). The summed E-state index contributed by atoms with van der Waals surface area (Å²) < 4.78 is 13.0. The molecule has 28 heavy (non-hydrogen) atoms. The fourth-order valence-corrected chi connectivity index (χ4v) is 3.78. The fraction of sp³-hybridized carbons (Fsp3) is 0.429. The lowest BCUT2D eigenvalue weighted by molar-refractivity contribution is -0.116. The molecular formula is C21H29N3O3Si. The van der Waals surface area contributed by atoms with Crippen molar-refractivity contribution in [1.29, 1.82) is 0 Å². The van der Waals surface area contributed by atoms with Crippen LogP contribution in [0, 0.1) is 0 Å². The molecule has 0 aliphatic heterocycles. The summed E-state index contributed by atoms with van der Waals surface area (Å²) >= 11 is 0. The SMILES string of the molecule is CCCC(=O)Nc1nn(COCC[Si](C)(C)C)c2cccc(-c3ccoc3)c12.